The number of nitrogens with zero attached hydrogens (tertiary/aromatic N) is 6. The molecule has 0 saturated carbocycles. The third-order valence-electron chi connectivity index (χ3n) is 4.00. The van der Waals surface area contributed by atoms with E-state index in [2.05, 4.69) is 15.3 Å². The van der Waals surface area contributed by atoms with Gasteiger partial charge in [0, 0.05) is 39.4 Å². The fourth-order valence-electron chi connectivity index (χ4n) is 2.59. The summed E-state index contributed by atoms with van der Waals surface area (Å²) in [5, 5.41) is 2.67. The third kappa shape index (κ3) is 3.06. The lowest BCUT2D eigenvalue weighted by Gasteiger charge is -2.08. The minimum Gasteiger partial charge on any atom is -0.353 e. The Hall–Kier alpha value is -3.50. The molecule has 1 N–H and O–H groups in total. The van der Waals surface area contributed by atoms with Crippen LogP contribution in [-0.2, 0) is 32.0 Å². The number of aromatic nitrogens is 6. The number of fused-ring (bicyclic) bond motifs is 1. The largest absolute Gasteiger partial charge is 0.353 e. The highest BCUT2D eigenvalue weighted by Crippen LogP contribution is 2.04. The summed E-state index contributed by atoms with van der Waals surface area (Å²) in [7, 11) is 2.88. The summed E-state index contributed by atoms with van der Waals surface area (Å²) in [5.41, 5.74) is -0.824. The van der Waals surface area contributed by atoms with Gasteiger partial charge in [-0.1, -0.05) is 0 Å². The lowest BCUT2D eigenvalue weighted by molar-refractivity contribution is -0.121. The maximum absolute atomic E-state index is 12.3. The van der Waals surface area contributed by atoms with Gasteiger partial charge in [0.25, 0.3) is 11.1 Å². The van der Waals surface area contributed by atoms with Gasteiger partial charge < -0.3 is 9.88 Å². The zero-order chi connectivity index (χ0) is 18.8. The molecule has 0 aliphatic carbocycles. The Morgan fingerprint density at radius 1 is 1.12 bits per heavy atom. The van der Waals surface area contributed by atoms with Crippen molar-refractivity contribution < 1.29 is 4.79 Å². The molecule has 0 fully saturated rings. The topological polar surface area (TPSA) is 126 Å². The lowest BCUT2D eigenvalue weighted by Crippen LogP contribution is -2.38. The SMILES string of the molecule is Cn1c(=O)c2c(ncn2CC(=O)NCCn2cnccc2=O)n(C)c1=O. The van der Waals surface area contributed by atoms with Crippen molar-refractivity contribution in [3.8, 4) is 0 Å². The average Bonchev–Trinajstić information content (AvgIpc) is 3.03. The number of aryl methyl sites for hydroxylation is 1. The summed E-state index contributed by atoms with van der Waals surface area (Å²) in [6.45, 7) is 0.374. The van der Waals surface area contributed by atoms with Crippen LogP contribution in [0.3, 0.4) is 0 Å². The van der Waals surface area contributed by atoms with Crippen LogP contribution < -0.4 is 22.1 Å². The van der Waals surface area contributed by atoms with Crippen molar-refractivity contribution >= 4 is 17.1 Å². The molecular weight excluding hydrogens is 342 g/mol. The van der Waals surface area contributed by atoms with Crippen LogP contribution >= 0.6 is 0 Å². The first-order valence-corrected chi connectivity index (χ1v) is 7.78. The number of rotatable bonds is 5. The number of imidazole rings is 1. The highest BCUT2D eigenvalue weighted by Gasteiger charge is 2.15. The van der Waals surface area contributed by atoms with Gasteiger partial charge in [0.15, 0.2) is 11.2 Å². The summed E-state index contributed by atoms with van der Waals surface area (Å²) < 4.78 is 4.98. The molecule has 0 unspecified atom stereocenters. The van der Waals surface area contributed by atoms with Crippen LogP contribution in [0, 0.1) is 0 Å². The average molecular weight is 359 g/mol. The molecule has 0 radical (unpaired) electrons. The van der Waals surface area contributed by atoms with Crippen molar-refractivity contribution in [2.75, 3.05) is 6.54 Å². The van der Waals surface area contributed by atoms with E-state index >= 15 is 0 Å². The van der Waals surface area contributed by atoms with Gasteiger partial charge in [-0.05, 0) is 0 Å². The summed E-state index contributed by atoms with van der Waals surface area (Å²) in [5.74, 6) is -0.350. The maximum Gasteiger partial charge on any atom is 0.332 e. The van der Waals surface area contributed by atoms with Crippen LogP contribution in [0.5, 0.6) is 0 Å². The smallest absolute Gasteiger partial charge is 0.332 e. The molecule has 0 saturated heterocycles. The van der Waals surface area contributed by atoms with Crippen molar-refractivity contribution in [2.45, 2.75) is 13.1 Å². The quantitative estimate of drug-likeness (QED) is 0.551. The van der Waals surface area contributed by atoms with Gasteiger partial charge in [-0.2, -0.15) is 0 Å². The molecule has 0 spiro atoms. The van der Waals surface area contributed by atoms with Gasteiger partial charge in [0.1, 0.15) is 6.54 Å². The second-order valence-corrected chi connectivity index (χ2v) is 5.71. The number of carbonyl (C=O) groups excluding carboxylic acids is 1. The first kappa shape index (κ1) is 17.3. The molecular formula is C15H17N7O4. The van der Waals surface area contributed by atoms with Crippen molar-refractivity contribution in [2.24, 2.45) is 14.1 Å². The lowest BCUT2D eigenvalue weighted by atomic mass is 10.4. The molecule has 3 rings (SSSR count). The van der Waals surface area contributed by atoms with Crippen LogP contribution in [0.2, 0.25) is 0 Å². The van der Waals surface area contributed by atoms with E-state index in [0.717, 1.165) is 4.57 Å². The number of hydrogen-bond acceptors (Lipinski definition) is 6. The minimum atomic E-state index is -0.518. The van der Waals surface area contributed by atoms with Crippen LogP contribution in [0.4, 0.5) is 0 Å². The van der Waals surface area contributed by atoms with Crippen molar-refractivity contribution in [3.63, 3.8) is 0 Å². The molecule has 26 heavy (non-hydrogen) atoms. The van der Waals surface area contributed by atoms with E-state index in [1.807, 2.05) is 0 Å². The Balaban J connectivity index is 1.74. The number of nitrogens with one attached hydrogen (secondary N) is 1. The van der Waals surface area contributed by atoms with E-state index in [4.69, 9.17) is 0 Å². The van der Waals surface area contributed by atoms with Gasteiger partial charge >= 0.3 is 5.69 Å². The van der Waals surface area contributed by atoms with E-state index in [1.165, 1.54) is 52.7 Å². The van der Waals surface area contributed by atoms with Gasteiger partial charge in [0.05, 0.1) is 12.7 Å². The molecule has 0 bridgehead atoms. The minimum absolute atomic E-state index is 0.133. The molecule has 11 nitrogen and oxygen atoms in total. The van der Waals surface area contributed by atoms with E-state index in [1.54, 1.807) is 0 Å². The van der Waals surface area contributed by atoms with Crippen LogP contribution in [-0.4, -0.2) is 40.7 Å². The molecule has 1 amide bonds. The van der Waals surface area contributed by atoms with Gasteiger partial charge in [-0.25, -0.2) is 14.8 Å². The Bertz CT molecular complexity index is 1150. The Labute approximate surface area is 146 Å². The third-order valence-corrected chi connectivity index (χ3v) is 4.00. The normalized spacial score (nSPS) is 11.0. The number of amides is 1. The Morgan fingerprint density at radius 3 is 2.62 bits per heavy atom. The van der Waals surface area contributed by atoms with E-state index in [9.17, 15) is 19.2 Å². The fourth-order valence-corrected chi connectivity index (χ4v) is 2.59. The van der Waals surface area contributed by atoms with E-state index in [0.29, 0.717) is 0 Å². The highest BCUT2D eigenvalue weighted by atomic mass is 16.2. The summed E-state index contributed by atoms with van der Waals surface area (Å²) in [6.07, 6.45) is 4.13. The second-order valence-electron chi connectivity index (χ2n) is 5.71. The van der Waals surface area contributed by atoms with Gasteiger partial charge in [-0.15, -0.1) is 0 Å². The zero-order valence-electron chi connectivity index (χ0n) is 14.2. The van der Waals surface area contributed by atoms with Gasteiger partial charge in [0.2, 0.25) is 5.91 Å². The van der Waals surface area contributed by atoms with Crippen molar-refractivity contribution in [3.05, 3.63) is 56.1 Å². The molecule has 3 aromatic rings. The Morgan fingerprint density at radius 2 is 1.88 bits per heavy atom. The van der Waals surface area contributed by atoms with Crippen LogP contribution in [0.1, 0.15) is 0 Å². The Kier molecular flexibility index (Phi) is 4.52. The number of hydrogen-bond donors (Lipinski definition) is 1. The molecule has 0 atom stereocenters. The van der Waals surface area contributed by atoms with Crippen LogP contribution in [0.25, 0.3) is 11.2 Å². The summed E-state index contributed by atoms with van der Waals surface area (Å²) in [6, 6.07) is 1.33. The molecule has 136 valence electrons. The predicted octanol–water partition coefficient (Wildman–Crippen LogP) is -2.19. The van der Waals surface area contributed by atoms with Crippen molar-refractivity contribution in [1.29, 1.82) is 0 Å². The van der Waals surface area contributed by atoms with Crippen LogP contribution in [0.15, 0.2) is 39.3 Å². The molecule has 3 heterocycles. The highest BCUT2D eigenvalue weighted by molar-refractivity contribution is 5.78. The summed E-state index contributed by atoms with van der Waals surface area (Å²) >= 11 is 0. The molecule has 11 heteroatoms. The number of carbonyl (C=O) groups is 1. The first-order valence-electron chi connectivity index (χ1n) is 7.78. The standard InChI is InChI=1S/C15H17N7O4/c1-19-13-12(14(25)20(2)15(19)26)22(9-18-13)7-10(23)17-5-6-21-8-16-4-3-11(21)24/h3-4,8-9H,5-7H2,1-2H3,(H,17,23). The fraction of sp³-hybridized carbons (Fsp3) is 0.333. The van der Waals surface area contributed by atoms with E-state index in [-0.39, 0.29) is 42.3 Å². The monoisotopic (exact) mass is 359 g/mol. The zero-order valence-corrected chi connectivity index (χ0v) is 14.2. The molecule has 0 aliphatic rings. The summed E-state index contributed by atoms with van der Waals surface area (Å²) in [4.78, 5) is 55.8. The maximum atomic E-state index is 12.3. The molecule has 3 aromatic heterocycles. The van der Waals surface area contributed by atoms with Gasteiger partial charge in [-0.3, -0.25) is 28.1 Å². The first-order chi connectivity index (χ1) is 12.4. The molecule has 0 aromatic carbocycles. The predicted molar refractivity (Wildman–Crippen MR) is 91.7 cm³/mol. The van der Waals surface area contributed by atoms with E-state index < -0.39 is 11.2 Å². The van der Waals surface area contributed by atoms with Crippen molar-refractivity contribution in [1.82, 2.24) is 33.6 Å². The second kappa shape index (κ2) is 6.78. The molecule has 0 aliphatic heterocycles.